The fourth-order valence-electron chi connectivity index (χ4n) is 9.49. The normalized spacial score (nSPS) is 15.0. The van der Waals surface area contributed by atoms with Crippen LogP contribution in [0.15, 0.2) is 194 Å². The lowest BCUT2D eigenvalue weighted by molar-refractivity contribution is 0.483. The van der Waals surface area contributed by atoms with E-state index in [1.165, 1.54) is 20.2 Å². The number of anilines is 4. The van der Waals surface area contributed by atoms with Gasteiger partial charge in [-0.05, 0) is 106 Å². The van der Waals surface area contributed by atoms with Crippen molar-refractivity contribution in [3.05, 3.63) is 205 Å². The molecule has 1 aliphatic rings. The second kappa shape index (κ2) is 16.0. The fraction of sp³-hybridized carbons (Fsp3) is 0.131. The van der Waals surface area contributed by atoms with Gasteiger partial charge < -0.3 is 14.5 Å². The maximum absolute atomic E-state index is 9.24. The lowest BCUT2D eigenvalue weighted by Gasteiger charge is -2.28. The number of hydrogen-bond acceptors (Lipinski definition) is 5. The number of aromatic nitrogens is 2. The number of para-hydroxylation sites is 2. The molecule has 0 amide bonds. The molecule has 1 aliphatic heterocycles. The first-order valence-corrected chi connectivity index (χ1v) is 23.2. The summed E-state index contributed by atoms with van der Waals surface area (Å²) in [6, 6.07) is 37.5. The molecule has 3 aromatic heterocycles. The van der Waals surface area contributed by atoms with Crippen LogP contribution in [0.5, 0.6) is 11.5 Å². The smallest absolute Gasteiger partial charge is 0.137 e. The van der Waals surface area contributed by atoms with Gasteiger partial charge in [0, 0.05) is 66.1 Å². The Labute approximate surface area is 409 Å². The maximum atomic E-state index is 9.24. The Morgan fingerprint density at radius 1 is 0.627 bits per heavy atom. The summed E-state index contributed by atoms with van der Waals surface area (Å²) in [5.41, 5.74) is 6.56. The van der Waals surface area contributed by atoms with Crippen LogP contribution in [0.1, 0.15) is 65.4 Å². The Kier molecular flexibility index (Phi) is 7.49. The standard InChI is InChI=1S/C61H50N4OS/c1-39(2)42-33-50(40-17-8-6-9-18-40)59(51(34-42)41-19-10-7-11-20-41)64-38-63(52-24-13-14-25-53(52)64)44-21-16-22-45(36-44)66-46-27-28-49-55(37-46)65(57-35-43(31-32-62-57)61(3,4)5)54-30-29-48-47-23-12-15-26-56(47)67-60(48)58(49)54/h6-37,39H,38H2,1-5H3/i6D,7D,8D,9D,10D,11D,17D,18D,19D,20D. The van der Waals surface area contributed by atoms with E-state index in [0.29, 0.717) is 28.4 Å². The topological polar surface area (TPSA) is 33.5 Å². The summed E-state index contributed by atoms with van der Waals surface area (Å²) in [5, 5.41) is 4.65. The van der Waals surface area contributed by atoms with E-state index >= 15 is 0 Å². The maximum Gasteiger partial charge on any atom is 0.137 e. The predicted molar refractivity (Wildman–Crippen MR) is 284 cm³/mol. The van der Waals surface area contributed by atoms with Crippen LogP contribution in [0, 0.1) is 0 Å². The van der Waals surface area contributed by atoms with Crippen molar-refractivity contribution in [3.63, 3.8) is 0 Å². The van der Waals surface area contributed by atoms with Crippen molar-refractivity contribution in [1.82, 2.24) is 9.55 Å². The van der Waals surface area contributed by atoms with Gasteiger partial charge in [-0.15, -0.1) is 11.3 Å². The highest BCUT2D eigenvalue weighted by Crippen LogP contribution is 2.51. The first kappa shape index (κ1) is 31.3. The van der Waals surface area contributed by atoms with E-state index in [2.05, 4.69) is 90.9 Å². The van der Waals surface area contributed by atoms with Gasteiger partial charge in [-0.2, -0.15) is 0 Å². The number of benzene rings is 8. The summed E-state index contributed by atoms with van der Waals surface area (Å²) in [4.78, 5) is 8.96. The number of hydrogen-bond donors (Lipinski definition) is 0. The minimum absolute atomic E-state index is 0.0737. The molecule has 67 heavy (non-hydrogen) atoms. The molecule has 0 bridgehead atoms. The molecule has 0 unspecified atom stereocenters. The van der Waals surface area contributed by atoms with Gasteiger partial charge in [0.25, 0.3) is 0 Å². The largest absolute Gasteiger partial charge is 0.457 e. The monoisotopic (exact) mass is 896 g/mol. The van der Waals surface area contributed by atoms with E-state index in [-0.39, 0.29) is 40.3 Å². The third-order valence-corrected chi connectivity index (χ3v) is 14.0. The number of fused-ring (bicyclic) bond motifs is 8. The van der Waals surface area contributed by atoms with E-state index in [1.54, 1.807) is 23.5 Å². The molecule has 0 saturated heterocycles. The van der Waals surface area contributed by atoms with Gasteiger partial charge in [-0.1, -0.05) is 138 Å². The van der Waals surface area contributed by atoms with E-state index in [0.717, 1.165) is 44.6 Å². The summed E-state index contributed by atoms with van der Waals surface area (Å²) in [5.74, 6) is 1.79. The van der Waals surface area contributed by atoms with Crippen molar-refractivity contribution in [2.75, 3.05) is 16.5 Å². The Bertz CT molecular complexity index is 4150. The molecule has 0 radical (unpaired) electrons. The molecule has 0 N–H and O–H groups in total. The van der Waals surface area contributed by atoms with Crippen LogP contribution in [-0.2, 0) is 5.41 Å². The molecule has 0 atom stereocenters. The summed E-state index contributed by atoms with van der Waals surface area (Å²) < 4.78 is 100. The van der Waals surface area contributed by atoms with Crippen molar-refractivity contribution in [3.8, 4) is 39.6 Å². The highest BCUT2D eigenvalue weighted by atomic mass is 32.1. The lowest BCUT2D eigenvalue weighted by atomic mass is 9.88. The highest BCUT2D eigenvalue weighted by molar-refractivity contribution is 7.26. The molecule has 11 aromatic rings. The highest BCUT2D eigenvalue weighted by Gasteiger charge is 2.32. The first-order chi connectivity index (χ1) is 36.8. The number of thiophene rings is 1. The average molecular weight is 897 g/mol. The first-order valence-electron chi connectivity index (χ1n) is 27.4. The van der Waals surface area contributed by atoms with E-state index in [9.17, 15) is 5.48 Å². The zero-order valence-electron chi connectivity index (χ0n) is 47.6. The Hall–Kier alpha value is -7.67. The Morgan fingerprint density at radius 3 is 2.01 bits per heavy atom. The lowest BCUT2D eigenvalue weighted by Crippen LogP contribution is -2.25. The van der Waals surface area contributed by atoms with Gasteiger partial charge in [-0.25, -0.2) is 4.98 Å². The van der Waals surface area contributed by atoms with Crippen LogP contribution in [0.3, 0.4) is 0 Å². The molecule has 5 nitrogen and oxygen atoms in total. The van der Waals surface area contributed by atoms with Crippen molar-refractivity contribution in [1.29, 1.82) is 0 Å². The molecule has 12 rings (SSSR count). The number of ether oxygens (including phenoxy) is 1. The number of rotatable bonds is 8. The molecule has 0 fully saturated rings. The summed E-state index contributed by atoms with van der Waals surface area (Å²) in [7, 11) is 0. The van der Waals surface area contributed by atoms with Crippen LogP contribution < -0.4 is 14.5 Å². The Balaban J connectivity index is 1.01. The van der Waals surface area contributed by atoms with Crippen molar-refractivity contribution >= 4 is 76.1 Å². The van der Waals surface area contributed by atoms with Crippen molar-refractivity contribution < 1.29 is 18.4 Å². The van der Waals surface area contributed by atoms with Crippen LogP contribution in [-0.4, -0.2) is 16.2 Å². The molecular formula is C61H50N4OS. The van der Waals surface area contributed by atoms with Crippen LogP contribution >= 0.6 is 11.3 Å². The second-order valence-electron chi connectivity index (χ2n) is 18.3. The van der Waals surface area contributed by atoms with Gasteiger partial charge >= 0.3 is 0 Å². The van der Waals surface area contributed by atoms with Crippen molar-refractivity contribution in [2.45, 2.75) is 46.0 Å². The summed E-state index contributed by atoms with van der Waals surface area (Å²) in [6.45, 7) is 10.6. The van der Waals surface area contributed by atoms with Crippen LogP contribution in [0.4, 0.5) is 22.7 Å². The summed E-state index contributed by atoms with van der Waals surface area (Å²) in [6.07, 6.45) is 1.88. The molecular weight excluding hydrogens is 837 g/mol. The van der Waals surface area contributed by atoms with Gasteiger partial charge in [0.2, 0.25) is 0 Å². The van der Waals surface area contributed by atoms with Gasteiger partial charge in [0.1, 0.15) is 24.0 Å². The molecule has 0 saturated carbocycles. The summed E-state index contributed by atoms with van der Waals surface area (Å²) >= 11 is 1.79. The Morgan fingerprint density at radius 2 is 1.30 bits per heavy atom. The molecule has 0 aliphatic carbocycles. The van der Waals surface area contributed by atoms with E-state index in [4.69, 9.17) is 17.9 Å². The third-order valence-electron chi connectivity index (χ3n) is 12.8. The van der Waals surface area contributed by atoms with Gasteiger partial charge in [-0.3, -0.25) is 4.57 Å². The third kappa shape index (κ3) is 7.02. The van der Waals surface area contributed by atoms with Crippen molar-refractivity contribution in [2.24, 2.45) is 0 Å². The average Bonchev–Trinajstić information content (AvgIpc) is 4.16. The molecule has 4 heterocycles. The quantitative estimate of drug-likeness (QED) is 0.152. The zero-order valence-corrected chi connectivity index (χ0v) is 38.4. The van der Waals surface area contributed by atoms with Gasteiger partial charge in [0.05, 0.1) is 41.8 Å². The number of pyridine rings is 1. The molecule has 0 spiro atoms. The zero-order chi connectivity index (χ0) is 54.1. The molecule has 326 valence electrons. The predicted octanol–water partition coefficient (Wildman–Crippen LogP) is 17.3. The minimum atomic E-state index is -0.547. The SMILES string of the molecule is [2H]c1c([2H])c([2H])c(-c2cc(C(C)C)cc(-c3c([2H])c([2H])c([2H])c([2H])c3[2H])c2N2CN(c3cccc(Oc4ccc5c6c7sc8ccccc8c7ccc6n(-c6cc(C(C)(C)C)ccn6)c5c4)c3)c3ccccc32)c([2H])c1[2H]. The number of nitrogens with zero attached hydrogens (tertiary/aromatic N) is 4. The molecule has 8 aromatic carbocycles. The van der Waals surface area contributed by atoms with Crippen LogP contribution in [0.2, 0.25) is 0 Å². The fourth-order valence-corrected chi connectivity index (χ4v) is 10.7. The van der Waals surface area contributed by atoms with E-state index in [1.807, 2.05) is 79.5 Å². The second-order valence-corrected chi connectivity index (χ2v) is 19.4. The minimum Gasteiger partial charge on any atom is -0.457 e. The molecule has 6 heteroatoms. The van der Waals surface area contributed by atoms with Crippen LogP contribution in [0.25, 0.3) is 70.0 Å². The van der Waals surface area contributed by atoms with E-state index < -0.39 is 60.4 Å². The van der Waals surface area contributed by atoms with Gasteiger partial charge in [0.15, 0.2) is 0 Å².